The molecule has 168 valence electrons. The number of Topliss-reactive ketones (excluding diaryl/α,β-unsaturated/α-hetero) is 1. The quantitative estimate of drug-likeness (QED) is 0.325. The van der Waals surface area contributed by atoms with Crippen LogP contribution in [0.25, 0.3) is 6.08 Å². The van der Waals surface area contributed by atoms with Gasteiger partial charge in [0, 0.05) is 37.3 Å². The van der Waals surface area contributed by atoms with E-state index in [0.29, 0.717) is 39.5 Å². The van der Waals surface area contributed by atoms with Crippen LogP contribution >= 0.6 is 39.1 Å². The SMILES string of the molecule is Cc1cc(OCc2ccc(Cl)cc2Cl)cc2c1C(=O)/C(=C/c1cc(Br)cc3c1OCOC3)O2. The Bertz CT molecular complexity index is 1320. The molecule has 0 unspecified atom stereocenters. The van der Waals surface area contributed by atoms with Crippen LogP contribution in [0.1, 0.15) is 32.6 Å². The van der Waals surface area contributed by atoms with Crippen LogP contribution in [0.3, 0.4) is 0 Å². The second-order valence-corrected chi connectivity index (χ2v) is 9.43. The smallest absolute Gasteiger partial charge is 0.232 e. The monoisotopic (exact) mass is 546 g/mol. The van der Waals surface area contributed by atoms with Crippen molar-refractivity contribution in [3.63, 3.8) is 0 Å². The average Bonchev–Trinajstić information content (AvgIpc) is 3.08. The first kappa shape index (κ1) is 22.3. The van der Waals surface area contributed by atoms with Crippen molar-refractivity contribution in [1.29, 1.82) is 0 Å². The molecule has 5 nitrogen and oxygen atoms in total. The summed E-state index contributed by atoms with van der Waals surface area (Å²) in [5.41, 5.74) is 3.73. The van der Waals surface area contributed by atoms with E-state index in [4.69, 9.17) is 42.1 Å². The van der Waals surface area contributed by atoms with Crippen molar-refractivity contribution in [3.05, 3.63) is 90.6 Å². The molecule has 0 aliphatic carbocycles. The molecule has 8 heteroatoms. The Morgan fingerprint density at radius 2 is 2.00 bits per heavy atom. The number of carbonyl (C=O) groups is 1. The van der Waals surface area contributed by atoms with Gasteiger partial charge in [-0.05, 0) is 48.9 Å². The highest BCUT2D eigenvalue weighted by atomic mass is 79.9. The third-order valence-corrected chi connectivity index (χ3v) is 6.39. The number of aryl methyl sites for hydroxylation is 1. The number of benzene rings is 3. The first-order chi connectivity index (χ1) is 15.9. The molecular weight excluding hydrogens is 531 g/mol. The van der Waals surface area contributed by atoms with Gasteiger partial charge < -0.3 is 18.9 Å². The van der Waals surface area contributed by atoms with E-state index in [1.807, 2.05) is 31.2 Å². The minimum absolute atomic E-state index is 0.164. The molecule has 0 atom stereocenters. The number of hydrogen-bond donors (Lipinski definition) is 0. The number of rotatable bonds is 4. The summed E-state index contributed by atoms with van der Waals surface area (Å²) in [5.74, 6) is 1.75. The molecule has 2 aliphatic heterocycles. The zero-order valence-electron chi connectivity index (χ0n) is 17.4. The summed E-state index contributed by atoms with van der Waals surface area (Å²) in [6.45, 7) is 2.72. The van der Waals surface area contributed by atoms with Crippen LogP contribution < -0.4 is 14.2 Å². The standard InChI is InChI=1S/C25H17BrCl2O5/c1-13-4-19(31-11-14-2-3-18(27)8-20(14)28)9-21-23(13)24(29)22(33-21)7-15-5-17(26)6-16-10-30-12-32-25(15)16/h2-9H,10-12H2,1H3/b22-7-. The van der Waals surface area contributed by atoms with E-state index >= 15 is 0 Å². The lowest BCUT2D eigenvalue weighted by Gasteiger charge is -2.20. The molecule has 0 radical (unpaired) electrons. The highest BCUT2D eigenvalue weighted by Gasteiger charge is 2.31. The zero-order valence-corrected chi connectivity index (χ0v) is 20.5. The van der Waals surface area contributed by atoms with Crippen LogP contribution in [-0.4, -0.2) is 12.6 Å². The van der Waals surface area contributed by atoms with Crippen LogP contribution in [-0.2, 0) is 18.0 Å². The van der Waals surface area contributed by atoms with Crippen LogP contribution in [0.15, 0.2) is 52.7 Å². The van der Waals surface area contributed by atoms with Crippen molar-refractivity contribution in [2.24, 2.45) is 0 Å². The van der Waals surface area contributed by atoms with Crippen molar-refractivity contribution < 1.29 is 23.7 Å². The number of halogens is 3. The van der Waals surface area contributed by atoms with Crippen LogP contribution in [0.4, 0.5) is 0 Å². The molecule has 0 bridgehead atoms. The molecule has 2 heterocycles. The number of ether oxygens (including phenoxy) is 4. The number of hydrogen-bond acceptors (Lipinski definition) is 5. The number of allylic oxidation sites excluding steroid dienone is 1. The molecule has 2 aliphatic rings. The highest BCUT2D eigenvalue weighted by Crippen LogP contribution is 2.40. The van der Waals surface area contributed by atoms with E-state index in [-0.39, 0.29) is 24.9 Å². The molecule has 0 fully saturated rings. The summed E-state index contributed by atoms with van der Waals surface area (Å²) < 4.78 is 23.8. The lowest BCUT2D eigenvalue weighted by atomic mass is 10.0. The van der Waals surface area contributed by atoms with Crippen molar-refractivity contribution in [2.45, 2.75) is 20.1 Å². The fraction of sp³-hybridized carbons (Fsp3) is 0.160. The van der Waals surface area contributed by atoms with Crippen molar-refractivity contribution in [2.75, 3.05) is 6.79 Å². The molecule has 3 aromatic carbocycles. The van der Waals surface area contributed by atoms with Gasteiger partial charge in [0.05, 0.1) is 12.2 Å². The van der Waals surface area contributed by atoms with E-state index < -0.39 is 0 Å². The second-order valence-electron chi connectivity index (χ2n) is 7.67. The minimum atomic E-state index is -0.185. The highest BCUT2D eigenvalue weighted by molar-refractivity contribution is 9.10. The van der Waals surface area contributed by atoms with Gasteiger partial charge in [-0.1, -0.05) is 45.2 Å². The van der Waals surface area contributed by atoms with Crippen LogP contribution in [0.2, 0.25) is 10.0 Å². The Hall–Kier alpha value is -2.51. The predicted octanol–water partition coefficient (Wildman–Crippen LogP) is 7.13. The molecule has 0 aromatic heterocycles. The van der Waals surface area contributed by atoms with Gasteiger partial charge in [0.1, 0.15) is 23.9 Å². The molecule has 0 amide bonds. The van der Waals surface area contributed by atoms with Gasteiger partial charge in [-0.3, -0.25) is 4.79 Å². The zero-order chi connectivity index (χ0) is 23.1. The van der Waals surface area contributed by atoms with E-state index in [2.05, 4.69) is 15.9 Å². The Morgan fingerprint density at radius 3 is 2.82 bits per heavy atom. The summed E-state index contributed by atoms with van der Waals surface area (Å²) >= 11 is 15.7. The van der Waals surface area contributed by atoms with E-state index in [1.54, 1.807) is 24.3 Å². The largest absolute Gasteiger partial charge is 0.489 e. The Kier molecular flexibility index (Phi) is 6.10. The van der Waals surface area contributed by atoms with Crippen LogP contribution in [0, 0.1) is 6.92 Å². The van der Waals surface area contributed by atoms with Gasteiger partial charge >= 0.3 is 0 Å². The van der Waals surface area contributed by atoms with E-state index in [1.165, 1.54) is 0 Å². The summed E-state index contributed by atoms with van der Waals surface area (Å²) in [6, 6.07) is 12.6. The molecule has 3 aromatic rings. The predicted molar refractivity (Wildman–Crippen MR) is 129 cm³/mol. The maximum atomic E-state index is 13.1. The Morgan fingerprint density at radius 1 is 1.15 bits per heavy atom. The van der Waals surface area contributed by atoms with Crippen LogP contribution in [0.5, 0.6) is 17.2 Å². The number of fused-ring (bicyclic) bond motifs is 2. The molecule has 0 saturated carbocycles. The molecule has 5 rings (SSSR count). The Balaban J connectivity index is 1.42. The van der Waals surface area contributed by atoms with E-state index in [0.717, 1.165) is 26.7 Å². The lowest BCUT2D eigenvalue weighted by molar-refractivity contribution is -0.0165. The molecular formula is C25H17BrCl2O5. The minimum Gasteiger partial charge on any atom is -0.489 e. The fourth-order valence-electron chi connectivity index (χ4n) is 3.82. The second kappa shape index (κ2) is 9.03. The average molecular weight is 548 g/mol. The number of ketones is 1. The topological polar surface area (TPSA) is 54.0 Å². The maximum absolute atomic E-state index is 13.1. The number of carbonyl (C=O) groups excluding carboxylic acids is 1. The molecule has 0 saturated heterocycles. The fourth-order valence-corrected chi connectivity index (χ4v) is 4.80. The summed E-state index contributed by atoms with van der Waals surface area (Å²) in [6.07, 6.45) is 1.70. The van der Waals surface area contributed by atoms with Crippen molar-refractivity contribution in [3.8, 4) is 17.2 Å². The van der Waals surface area contributed by atoms with Gasteiger partial charge in [0.15, 0.2) is 12.6 Å². The first-order valence-electron chi connectivity index (χ1n) is 10.1. The van der Waals surface area contributed by atoms with Gasteiger partial charge in [-0.2, -0.15) is 0 Å². The summed E-state index contributed by atoms with van der Waals surface area (Å²) in [5, 5.41) is 1.09. The first-order valence-corrected chi connectivity index (χ1v) is 11.6. The Labute approximate surface area is 208 Å². The summed E-state index contributed by atoms with van der Waals surface area (Å²) in [7, 11) is 0. The third-order valence-electron chi connectivity index (χ3n) is 5.34. The van der Waals surface area contributed by atoms with E-state index in [9.17, 15) is 4.79 Å². The molecule has 0 spiro atoms. The lowest BCUT2D eigenvalue weighted by Crippen LogP contribution is -2.12. The van der Waals surface area contributed by atoms with Gasteiger partial charge in [0.25, 0.3) is 0 Å². The molecule has 33 heavy (non-hydrogen) atoms. The van der Waals surface area contributed by atoms with Gasteiger partial charge in [0.2, 0.25) is 5.78 Å². The summed E-state index contributed by atoms with van der Waals surface area (Å²) in [4.78, 5) is 13.1. The molecule has 0 N–H and O–H groups in total. The normalized spacial score (nSPS) is 15.6. The van der Waals surface area contributed by atoms with Crippen molar-refractivity contribution in [1.82, 2.24) is 0 Å². The third kappa shape index (κ3) is 4.49. The maximum Gasteiger partial charge on any atom is 0.232 e. The van der Waals surface area contributed by atoms with Crippen molar-refractivity contribution >= 4 is 51.0 Å². The van der Waals surface area contributed by atoms with Gasteiger partial charge in [-0.25, -0.2) is 0 Å². The van der Waals surface area contributed by atoms with Gasteiger partial charge in [-0.15, -0.1) is 0 Å².